The molecule has 0 heterocycles. The van der Waals surface area contributed by atoms with Gasteiger partial charge in [0.2, 0.25) is 0 Å². The smallest absolute Gasteiger partial charge is 0.360 e. The lowest BCUT2D eigenvalue weighted by Crippen LogP contribution is -2.15. The molecule has 1 aromatic carbocycles. The number of hydrogen-bond donors (Lipinski definition) is 3. The highest BCUT2D eigenvalue weighted by Gasteiger charge is 2.45. The molecule has 0 aromatic heterocycles. The van der Waals surface area contributed by atoms with Crippen molar-refractivity contribution in [2.45, 2.75) is 36.3 Å². The molecule has 5 nitrogen and oxygen atoms in total. The molecule has 0 aliphatic heterocycles. The summed E-state index contributed by atoms with van der Waals surface area (Å²) in [7, 11) is -3.12. The summed E-state index contributed by atoms with van der Waals surface area (Å²) in [6.45, 7) is 1.63. The Labute approximate surface area is 167 Å². The lowest BCUT2D eigenvalue weighted by Gasteiger charge is -2.17. The number of allylic oxidation sites excluding steroid dienone is 5. The van der Waals surface area contributed by atoms with Gasteiger partial charge in [-0.15, -0.1) is 0 Å². The van der Waals surface area contributed by atoms with Crippen LogP contribution in [0.4, 0.5) is 18.9 Å². The number of halogens is 3. The van der Waals surface area contributed by atoms with Gasteiger partial charge in [0.25, 0.3) is 0 Å². The molecule has 1 unspecified atom stereocenters. The van der Waals surface area contributed by atoms with E-state index >= 15 is 0 Å². The average Bonchev–Trinajstić information content (AvgIpc) is 3.47. The predicted octanol–water partition coefficient (Wildman–Crippen LogP) is 5.04. The SMILES string of the molecule is CCS(=N)(=O)c1cc(C2(C#N)CC2)ccc1N/C=C1/C=CC(C(F)(F)F)=CC1=N. The molecule has 1 atom stereocenters. The van der Waals surface area contributed by atoms with Crippen LogP contribution >= 0.6 is 0 Å². The fourth-order valence-corrected chi connectivity index (χ4v) is 4.08. The van der Waals surface area contributed by atoms with E-state index in [0.29, 0.717) is 24.1 Å². The molecule has 0 amide bonds. The number of nitrogens with one attached hydrogen (secondary N) is 3. The third kappa shape index (κ3) is 4.12. The van der Waals surface area contributed by atoms with E-state index in [1.54, 1.807) is 25.1 Å². The third-order valence-electron chi connectivity index (χ3n) is 5.02. The minimum absolute atomic E-state index is 0.0780. The number of rotatable bonds is 5. The summed E-state index contributed by atoms with van der Waals surface area (Å²) < 4.78 is 59.2. The predicted molar refractivity (Wildman–Crippen MR) is 105 cm³/mol. The lowest BCUT2D eigenvalue weighted by molar-refractivity contribution is -0.0881. The zero-order chi connectivity index (χ0) is 21.4. The van der Waals surface area contributed by atoms with Crippen LogP contribution in [0, 0.1) is 21.5 Å². The van der Waals surface area contributed by atoms with Gasteiger partial charge in [-0.25, -0.2) is 8.99 Å². The molecule has 152 valence electrons. The van der Waals surface area contributed by atoms with Crippen LogP contribution < -0.4 is 5.32 Å². The molecule has 0 spiro atoms. The number of benzene rings is 1. The molecule has 2 aliphatic rings. The van der Waals surface area contributed by atoms with Crippen molar-refractivity contribution in [1.82, 2.24) is 0 Å². The molecule has 1 fully saturated rings. The van der Waals surface area contributed by atoms with E-state index < -0.39 is 26.9 Å². The lowest BCUT2D eigenvalue weighted by atomic mass is 9.97. The molecule has 0 bridgehead atoms. The zero-order valence-corrected chi connectivity index (χ0v) is 16.4. The van der Waals surface area contributed by atoms with E-state index in [-0.39, 0.29) is 21.9 Å². The van der Waals surface area contributed by atoms with Crippen LogP contribution in [0.3, 0.4) is 0 Å². The molecule has 9 heteroatoms. The number of hydrogen-bond acceptors (Lipinski definition) is 5. The van der Waals surface area contributed by atoms with Crippen LogP contribution in [-0.4, -0.2) is 21.8 Å². The highest BCUT2D eigenvalue weighted by Crippen LogP contribution is 2.48. The molecule has 3 rings (SSSR count). The summed E-state index contributed by atoms with van der Waals surface area (Å²) in [5.74, 6) is 0.0780. The Hall–Kier alpha value is -2.86. The molecular weight excluding hydrogens is 401 g/mol. The third-order valence-corrected chi connectivity index (χ3v) is 6.89. The van der Waals surface area contributed by atoms with Gasteiger partial charge >= 0.3 is 6.18 Å². The number of nitrogens with zero attached hydrogens (tertiary/aromatic N) is 1. The molecular formula is C20H19F3N4OS. The van der Waals surface area contributed by atoms with Crippen molar-refractivity contribution < 1.29 is 17.4 Å². The van der Waals surface area contributed by atoms with E-state index in [1.807, 2.05) is 0 Å². The Kier molecular flexibility index (Phi) is 5.17. The first-order valence-corrected chi connectivity index (χ1v) is 10.6. The topological polar surface area (TPSA) is 101 Å². The van der Waals surface area contributed by atoms with Crippen molar-refractivity contribution in [3.05, 3.63) is 59.3 Å². The Balaban J connectivity index is 1.93. The highest BCUT2D eigenvalue weighted by molar-refractivity contribution is 7.92. The van der Waals surface area contributed by atoms with Crippen LogP contribution in [0.2, 0.25) is 0 Å². The summed E-state index contributed by atoms with van der Waals surface area (Å²) in [5.41, 5.74) is -0.516. The Morgan fingerprint density at radius 1 is 1.34 bits per heavy atom. The number of anilines is 1. The fourth-order valence-electron chi connectivity index (χ4n) is 2.97. The zero-order valence-electron chi connectivity index (χ0n) is 15.6. The van der Waals surface area contributed by atoms with E-state index in [4.69, 9.17) is 10.2 Å². The standard InChI is InChI=1S/C20H19F3N4OS/c1-2-29(26,28)18-10-14(19(12-24)7-8-19)5-6-17(18)27-11-13-3-4-15(9-16(13)25)20(21,22)23/h3-6,9-11,25-27H,2,7-8H2,1H3/b13-11-,25-16?. The number of nitriles is 1. The Morgan fingerprint density at radius 3 is 2.55 bits per heavy atom. The summed E-state index contributed by atoms with van der Waals surface area (Å²) in [6.07, 6.45) is 1.05. The van der Waals surface area contributed by atoms with Crippen molar-refractivity contribution in [3.63, 3.8) is 0 Å². The van der Waals surface area contributed by atoms with Crippen LogP contribution in [0.1, 0.15) is 25.3 Å². The van der Waals surface area contributed by atoms with Crippen molar-refractivity contribution in [3.8, 4) is 6.07 Å². The Morgan fingerprint density at radius 2 is 2.03 bits per heavy atom. The van der Waals surface area contributed by atoms with Gasteiger partial charge in [-0.05, 0) is 42.7 Å². The largest absolute Gasteiger partial charge is 0.416 e. The van der Waals surface area contributed by atoms with Gasteiger partial charge in [-0.3, -0.25) is 0 Å². The summed E-state index contributed by atoms with van der Waals surface area (Å²) in [6, 6.07) is 7.23. The molecule has 3 N–H and O–H groups in total. The second kappa shape index (κ2) is 7.19. The monoisotopic (exact) mass is 420 g/mol. The van der Waals surface area contributed by atoms with Gasteiger partial charge < -0.3 is 10.7 Å². The minimum Gasteiger partial charge on any atom is -0.360 e. The van der Waals surface area contributed by atoms with Gasteiger partial charge in [0.05, 0.1) is 43.1 Å². The molecule has 2 aliphatic carbocycles. The molecule has 0 saturated heterocycles. The first-order valence-electron chi connectivity index (χ1n) is 8.87. The number of alkyl halides is 3. The van der Waals surface area contributed by atoms with Crippen molar-refractivity contribution in [2.75, 3.05) is 11.1 Å². The first kappa shape index (κ1) is 20.9. The van der Waals surface area contributed by atoms with Gasteiger partial charge in [0.1, 0.15) is 0 Å². The van der Waals surface area contributed by atoms with Crippen LogP contribution in [-0.2, 0) is 15.1 Å². The first-order chi connectivity index (χ1) is 13.5. The van der Waals surface area contributed by atoms with Crippen molar-refractivity contribution >= 4 is 21.1 Å². The van der Waals surface area contributed by atoms with Gasteiger partial charge in [0.15, 0.2) is 0 Å². The van der Waals surface area contributed by atoms with Crippen LogP contribution in [0.25, 0.3) is 0 Å². The normalized spacial score (nSPS) is 21.3. The maximum absolute atomic E-state index is 12.8. The van der Waals surface area contributed by atoms with E-state index in [2.05, 4.69) is 11.4 Å². The van der Waals surface area contributed by atoms with Crippen LogP contribution in [0.5, 0.6) is 0 Å². The summed E-state index contributed by atoms with van der Waals surface area (Å²) >= 11 is 0. The quantitative estimate of drug-likeness (QED) is 0.622. The van der Waals surface area contributed by atoms with E-state index in [0.717, 1.165) is 12.2 Å². The maximum atomic E-state index is 12.8. The minimum atomic E-state index is -4.53. The second-order valence-electron chi connectivity index (χ2n) is 6.96. The molecule has 1 aromatic rings. The van der Waals surface area contributed by atoms with Crippen molar-refractivity contribution in [2.24, 2.45) is 0 Å². The highest BCUT2D eigenvalue weighted by atomic mass is 32.2. The van der Waals surface area contributed by atoms with E-state index in [9.17, 15) is 22.6 Å². The van der Waals surface area contributed by atoms with Gasteiger partial charge in [-0.1, -0.05) is 19.1 Å². The molecule has 0 radical (unpaired) electrons. The summed E-state index contributed by atoms with van der Waals surface area (Å²) in [4.78, 5) is 0.244. The van der Waals surface area contributed by atoms with Crippen molar-refractivity contribution in [1.29, 1.82) is 15.5 Å². The fraction of sp³-hybridized carbons (Fsp3) is 0.300. The van der Waals surface area contributed by atoms with Gasteiger partial charge in [-0.2, -0.15) is 18.4 Å². The van der Waals surface area contributed by atoms with E-state index in [1.165, 1.54) is 12.3 Å². The molecule has 29 heavy (non-hydrogen) atoms. The maximum Gasteiger partial charge on any atom is 0.416 e. The molecule has 1 saturated carbocycles. The summed E-state index contributed by atoms with van der Waals surface area (Å²) in [5, 5.41) is 20.1. The average molecular weight is 420 g/mol. The Bertz CT molecular complexity index is 1100. The van der Waals surface area contributed by atoms with Crippen LogP contribution in [0.15, 0.2) is 58.7 Å². The van der Waals surface area contributed by atoms with Gasteiger partial charge in [0, 0.05) is 17.5 Å². The second-order valence-corrected chi connectivity index (χ2v) is 9.32.